The van der Waals surface area contributed by atoms with Crippen LogP contribution in [0.2, 0.25) is 0 Å². The van der Waals surface area contributed by atoms with Crippen LogP contribution >= 0.6 is 0 Å². The van der Waals surface area contributed by atoms with Crippen LogP contribution < -0.4 is 4.74 Å². The molecule has 0 radical (unpaired) electrons. The molecule has 0 atom stereocenters. The molecule has 5 heteroatoms. The Labute approximate surface area is 75.0 Å². The van der Waals surface area contributed by atoms with Gasteiger partial charge in [-0.05, 0) is 0 Å². The van der Waals surface area contributed by atoms with Gasteiger partial charge in [0, 0.05) is 6.08 Å². The molecule has 0 spiro atoms. The monoisotopic (exact) mass is 183 g/mol. The average Bonchev–Trinajstić information content (AvgIpc) is 2.64. The highest BCUT2D eigenvalue weighted by molar-refractivity contribution is 5.81. The van der Waals surface area contributed by atoms with Crippen molar-refractivity contribution in [2.24, 2.45) is 0 Å². The summed E-state index contributed by atoms with van der Waals surface area (Å²) in [6, 6.07) is 0. The van der Waals surface area contributed by atoms with Gasteiger partial charge in [-0.25, -0.2) is 4.79 Å². The maximum Gasteiger partial charge on any atom is 0.330 e. The van der Waals surface area contributed by atoms with Crippen molar-refractivity contribution in [2.45, 2.75) is 0 Å². The van der Waals surface area contributed by atoms with Gasteiger partial charge in [-0.2, -0.15) is 4.98 Å². The van der Waals surface area contributed by atoms with Gasteiger partial charge in [0.25, 0.3) is 5.88 Å². The number of aromatic nitrogens is 1. The Kier molecular flexibility index (Phi) is 3.56. The molecule has 0 aliphatic rings. The third-order valence-corrected chi connectivity index (χ3v) is 1.15. The Hall–Kier alpha value is -1.78. The summed E-state index contributed by atoms with van der Waals surface area (Å²) in [5, 5.41) is 0. The minimum atomic E-state index is -0.469. The number of hydrogen-bond acceptors (Lipinski definition) is 5. The highest BCUT2D eigenvalue weighted by atomic mass is 16.6. The lowest BCUT2D eigenvalue weighted by atomic mass is 10.6. The van der Waals surface area contributed by atoms with E-state index in [9.17, 15) is 4.79 Å². The summed E-state index contributed by atoms with van der Waals surface area (Å²) in [6.07, 6.45) is 3.70. The fourth-order valence-electron chi connectivity index (χ4n) is 0.620. The second-order valence-corrected chi connectivity index (χ2v) is 2.05. The summed E-state index contributed by atoms with van der Waals surface area (Å²) in [5.74, 6) is -0.0987. The van der Waals surface area contributed by atoms with Gasteiger partial charge >= 0.3 is 5.97 Å². The predicted molar refractivity (Wildman–Crippen MR) is 43.2 cm³/mol. The molecule has 0 aliphatic carbocycles. The zero-order chi connectivity index (χ0) is 9.52. The van der Waals surface area contributed by atoms with Crippen LogP contribution in [0, 0.1) is 0 Å². The summed E-state index contributed by atoms with van der Waals surface area (Å²) in [7, 11) is 0. The molecule has 0 saturated carbocycles. The quantitative estimate of drug-likeness (QED) is 0.383. The van der Waals surface area contributed by atoms with E-state index in [0.29, 0.717) is 5.88 Å². The van der Waals surface area contributed by atoms with Crippen molar-refractivity contribution in [3.8, 4) is 5.88 Å². The first-order chi connectivity index (χ1) is 6.33. The maximum atomic E-state index is 10.5. The Bertz CT molecular complexity index is 268. The van der Waals surface area contributed by atoms with Gasteiger partial charge in [0.05, 0.1) is 0 Å². The van der Waals surface area contributed by atoms with Gasteiger partial charge in [-0.3, -0.25) is 0 Å². The lowest BCUT2D eigenvalue weighted by Gasteiger charge is -2.01. The molecule has 0 unspecified atom stereocenters. The summed E-state index contributed by atoms with van der Waals surface area (Å²) < 4.78 is 14.3. The van der Waals surface area contributed by atoms with E-state index in [2.05, 4.69) is 20.7 Å². The molecule has 0 aromatic carbocycles. The molecule has 70 valence electrons. The van der Waals surface area contributed by atoms with Gasteiger partial charge in [-0.15, -0.1) is 0 Å². The van der Waals surface area contributed by atoms with Gasteiger partial charge in [-0.1, -0.05) is 6.58 Å². The number of oxazole rings is 1. The van der Waals surface area contributed by atoms with E-state index < -0.39 is 5.97 Å². The van der Waals surface area contributed by atoms with Crippen molar-refractivity contribution in [2.75, 3.05) is 13.2 Å². The smallest absolute Gasteiger partial charge is 0.330 e. The molecular weight excluding hydrogens is 174 g/mol. The summed E-state index contributed by atoms with van der Waals surface area (Å²) in [5.41, 5.74) is 0. The second kappa shape index (κ2) is 4.97. The van der Waals surface area contributed by atoms with Crippen molar-refractivity contribution in [3.05, 3.63) is 25.3 Å². The fourth-order valence-corrected chi connectivity index (χ4v) is 0.620. The Balaban J connectivity index is 2.08. The molecule has 0 saturated heterocycles. The third kappa shape index (κ3) is 3.42. The number of nitrogens with zero attached hydrogens (tertiary/aromatic N) is 1. The summed E-state index contributed by atoms with van der Waals surface area (Å²) in [4.78, 5) is 14.2. The number of esters is 1. The van der Waals surface area contributed by atoms with E-state index in [0.717, 1.165) is 6.08 Å². The number of ether oxygens (including phenoxy) is 2. The van der Waals surface area contributed by atoms with Crippen molar-refractivity contribution in [1.29, 1.82) is 0 Å². The van der Waals surface area contributed by atoms with Crippen LogP contribution in [0.15, 0.2) is 29.7 Å². The van der Waals surface area contributed by atoms with E-state index in [4.69, 9.17) is 4.74 Å². The summed E-state index contributed by atoms with van der Waals surface area (Å²) >= 11 is 0. The molecule has 0 aliphatic heterocycles. The lowest BCUT2D eigenvalue weighted by molar-refractivity contribution is -0.138. The topological polar surface area (TPSA) is 61.6 Å². The SMILES string of the molecule is C=CC(=O)OCCOc1cocn1. The third-order valence-electron chi connectivity index (χ3n) is 1.15. The molecule has 1 heterocycles. The van der Waals surface area contributed by atoms with E-state index in [1.165, 1.54) is 12.7 Å². The van der Waals surface area contributed by atoms with Gasteiger partial charge in [0.1, 0.15) is 13.2 Å². The van der Waals surface area contributed by atoms with Crippen molar-refractivity contribution >= 4 is 5.97 Å². The first-order valence-corrected chi connectivity index (χ1v) is 3.63. The van der Waals surface area contributed by atoms with Crippen LogP contribution in [0.3, 0.4) is 0 Å². The van der Waals surface area contributed by atoms with E-state index >= 15 is 0 Å². The molecule has 13 heavy (non-hydrogen) atoms. The molecule has 5 nitrogen and oxygen atoms in total. The fraction of sp³-hybridized carbons (Fsp3) is 0.250. The molecule has 0 bridgehead atoms. The molecule has 0 N–H and O–H groups in total. The van der Waals surface area contributed by atoms with Gasteiger partial charge in [0.2, 0.25) is 0 Å². The number of hydrogen-bond donors (Lipinski definition) is 0. The largest absolute Gasteiger partial charge is 0.472 e. The summed E-state index contributed by atoms with van der Waals surface area (Å²) in [6.45, 7) is 3.65. The standard InChI is InChI=1S/C8H9NO4/c1-2-8(10)13-4-3-12-7-5-11-6-9-7/h2,5-6H,1,3-4H2. The number of rotatable bonds is 5. The van der Waals surface area contributed by atoms with Crippen LogP contribution in [0.4, 0.5) is 0 Å². The van der Waals surface area contributed by atoms with E-state index in [1.807, 2.05) is 0 Å². The van der Waals surface area contributed by atoms with Crippen LogP contribution in [0.5, 0.6) is 5.88 Å². The minimum absolute atomic E-state index is 0.164. The van der Waals surface area contributed by atoms with Crippen LogP contribution in [-0.2, 0) is 9.53 Å². The van der Waals surface area contributed by atoms with Crippen LogP contribution in [-0.4, -0.2) is 24.2 Å². The second-order valence-electron chi connectivity index (χ2n) is 2.05. The number of carbonyl (C=O) groups excluding carboxylic acids is 1. The molecular formula is C8H9NO4. The highest BCUT2D eigenvalue weighted by Crippen LogP contribution is 2.03. The molecule has 0 amide bonds. The van der Waals surface area contributed by atoms with Crippen LogP contribution in [0.25, 0.3) is 0 Å². The first-order valence-electron chi connectivity index (χ1n) is 3.63. The zero-order valence-electron chi connectivity index (χ0n) is 6.93. The molecule has 1 aromatic heterocycles. The maximum absolute atomic E-state index is 10.5. The van der Waals surface area contributed by atoms with E-state index in [-0.39, 0.29) is 13.2 Å². The Morgan fingerprint density at radius 3 is 3.15 bits per heavy atom. The van der Waals surface area contributed by atoms with Crippen molar-refractivity contribution in [1.82, 2.24) is 4.98 Å². The lowest BCUT2D eigenvalue weighted by Crippen LogP contribution is -2.10. The Morgan fingerprint density at radius 2 is 2.54 bits per heavy atom. The first kappa shape index (κ1) is 9.31. The number of carbonyl (C=O) groups is 1. The average molecular weight is 183 g/mol. The highest BCUT2D eigenvalue weighted by Gasteiger charge is 1.97. The van der Waals surface area contributed by atoms with Gasteiger partial charge in [0.15, 0.2) is 12.7 Å². The van der Waals surface area contributed by atoms with Crippen molar-refractivity contribution in [3.63, 3.8) is 0 Å². The molecule has 0 fully saturated rings. The van der Waals surface area contributed by atoms with Gasteiger partial charge < -0.3 is 13.9 Å². The molecule has 1 rings (SSSR count). The minimum Gasteiger partial charge on any atom is -0.472 e. The van der Waals surface area contributed by atoms with Crippen molar-refractivity contribution < 1.29 is 18.7 Å². The zero-order valence-corrected chi connectivity index (χ0v) is 6.93. The normalized spacial score (nSPS) is 9.23. The predicted octanol–water partition coefficient (Wildman–Crippen LogP) is 0.783. The van der Waals surface area contributed by atoms with Crippen LogP contribution in [0.1, 0.15) is 0 Å². The van der Waals surface area contributed by atoms with E-state index in [1.54, 1.807) is 0 Å². The molecule has 1 aromatic rings. The Morgan fingerprint density at radius 1 is 1.69 bits per heavy atom.